The van der Waals surface area contributed by atoms with E-state index in [0.717, 1.165) is 14.9 Å². The second-order valence-electron chi connectivity index (χ2n) is 5.80. The third kappa shape index (κ3) is 3.91. The van der Waals surface area contributed by atoms with Crippen molar-refractivity contribution < 1.29 is 5.11 Å². The highest BCUT2D eigenvalue weighted by molar-refractivity contribution is 9.10. The number of hydrogen-bond donors (Lipinski definition) is 1. The molecule has 1 N–H and O–H groups in total. The van der Waals surface area contributed by atoms with Crippen LogP contribution in [0.15, 0.2) is 40.9 Å². The van der Waals surface area contributed by atoms with Crippen molar-refractivity contribution in [1.82, 2.24) is 0 Å². The summed E-state index contributed by atoms with van der Waals surface area (Å²) >= 11 is 5.17. The monoisotopic (exact) mass is 338 g/mol. The number of aliphatic hydroxyl groups excluding tert-OH is 1. The van der Waals surface area contributed by atoms with Gasteiger partial charge in [-0.2, -0.15) is 0 Å². The van der Waals surface area contributed by atoms with E-state index in [2.05, 4.69) is 48.8 Å². The first-order valence-electron chi connectivity index (χ1n) is 6.39. The van der Waals surface area contributed by atoms with Crippen LogP contribution in [0.4, 0.5) is 0 Å². The molecule has 3 heteroatoms. The maximum absolute atomic E-state index is 10.3. The Hall–Kier alpha value is -0.640. The predicted molar refractivity (Wildman–Crippen MR) is 85.8 cm³/mol. The summed E-state index contributed by atoms with van der Waals surface area (Å²) in [5.41, 5.74) is 1.30. The van der Waals surface area contributed by atoms with Gasteiger partial charge in [0.1, 0.15) is 0 Å². The largest absolute Gasteiger partial charge is 0.387 e. The van der Waals surface area contributed by atoms with Gasteiger partial charge >= 0.3 is 0 Å². The lowest BCUT2D eigenvalue weighted by Crippen LogP contribution is -2.07. The van der Waals surface area contributed by atoms with E-state index in [4.69, 9.17) is 0 Å². The van der Waals surface area contributed by atoms with Crippen molar-refractivity contribution >= 4 is 27.3 Å². The summed E-state index contributed by atoms with van der Waals surface area (Å²) in [4.78, 5) is 2.36. The van der Waals surface area contributed by atoms with Crippen LogP contribution >= 0.6 is 27.3 Å². The molecule has 0 spiro atoms. The third-order valence-corrected chi connectivity index (χ3v) is 5.12. The first kappa shape index (κ1) is 14.8. The van der Waals surface area contributed by atoms with Gasteiger partial charge in [0.2, 0.25) is 0 Å². The summed E-state index contributed by atoms with van der Waals surface area (Å²) in [5, 5.41) is 10.3. The molecule has 0 aliphatic carbocycles. The first-order chi connectivity index (χ1) is 8.86. The number of halogens is 1. The molecule has 1 unspecified atom stereocenters. The molecular weight excluding hydrogens is 320 g/mol. The maximum atomic E-state index is 10.3. The zero-order valence-corrected chi connectivity index (χ0v) is 13.9. The minimum atomic E-state index is -0.421. The SMILES string of the molecule is CC(C)(C)c1ccc(C(O)Cc2cccc(Br)c2)s1. The topological polar surface area (TPSA) is 20.2 Å². The van der Waals surface area contributed by atoms with Gasteiger partial charge in [0.25, 0.3) is 0 Å². The number of hydrogen-bond acceptors (Lipinski definition) is 2. The Morgan fingerprint density at radius 1 is 1.21 bits per heavy atom. The highest BCUT2D eigenvalue weighted by atomic mass is 79.9. The van der Waals surface area contributed by atoms with Crippen LogP contribution in [0.3, 0.4) is 0 Å². The van der Waals surface area contributed by atoms with Crippen LogP contribution in [0.1, 0.15) is 42.2 Å². The molecule has 0 saturated carbocycles. The Labute approximate surface area is 127 Å². The molecule has 2 aromatic rings. The van der Waals surface area contributed by atoms with E-state index in [0.29, 0.717) is 6.42 Å². The minimum Gasteiger partial charge on any atom is -0.387 e. The van der Waals surface area contributed by atoms with E-state index in [9.17, 15) is 5.11 Å². The first-order valence-corrected chi connectivity index (χ1v) is 8.00. The molecule has 19 heavy (non-hydrogen) atoms. The fraction of sp³-hybridized carbons (Fsp3) is 0.375. The van der Waals surface area contributed by atoms with Crippen LogP contribution in [-0.4, -0.2) is 5.11 Å². The molecular formula is C16H19BrOS. The van der Waals surface area contributed by atoms with Crippen molar-refractivity contribution in [2.75, 3.05) is 0 Å². The van der Waals surface area contributed by atoms with Crippen molar-refractivity contribution in [2.24, 2.45) is 0 Å². The molecule has 0 bridgehead atoms. The number of rotatable bonds is 3. The Morgan fingerprint density at radius 3 is 2.53 bits per heavy atom. The Kier molecular flexibility index (Phi) is 4.49. The van der Waals surface area contributed by atoms with Crippen LogP contribution in [0.25, 0.3) is 0 Å². The van der Waals surface area contributed by atoms with Gasteiger partial charge in [-0.15, -0.1) is 11.3 Å². The van der Waals surface area contributed by atoms with Gasteiger partial charge in [-0.25, -0.2) is 0 Å². The average molecular weight is 339 g/mol. The molecule has 1 nitrogen and oxygen atoms in total. The lowest BCUT2D eigenvalue weighted by atomic mass is 9.95. The van der Waals surface area contributed by atoms with E-state index in [1.807, 2.05) is 24.3 Å². The molecule has 0 aliphatic rings. The summed E-state index contributed by atoms with van der Waals surface area (Å²) in [6.07, 6.45) is 0.235. The molecule has 2 rings (SSSR count). The second kappa shape index (κ2) is 5.78. The summed E-state index contributed by atoms with van der Waals surface area (Å²) < 4.78 is 1.05. The Bertz CT molecular complexity index is 554. The van der Waals surface area contributed by atoms with E-state index in [1.54, 1.807) is 11.3 Å². The number of thiophene rings is 1. The van der Waals surface area contributed by atoms with E-state index < -0.39 is 6.10 Å². The van der Waals surface area contributed by atoms with Crippen LogP contribution in [0, 0.1) is 0 Å². The summed E-state index contributed by atoms with van der Waals surface area (Å²) in [6, 6.07) is 12.3. The van der Waals surface area contributed by atoms with Crippen molar-refractivity contribution in [2.45, 2.75) is 38.7 Å². The van der Waals surface area contributed by atoms with Crippen LogP contribution in [0.5, 0.6) is 0 Å². The Balaban J connectivity index is 2.12. The van der Waals surface area contributed by atoms with Crippen molar-refractivity contribution in [3.63, 3.8) is 0 Å². The fourth-order valence-electron chi connectivity index (χ4n) is 1.92. The normalized spacial score (nSPS) is 13.5. The average Bonchev–Trinajstić information content (AvgIpc) is 2.77. The number of benzene rings is 1. The fourth-order valence-corrected chi connectivity index (χ4v) is 3.42. The van der Waals surface area contributed by atoms with E-state index in [-0.39, 0.29) is 5.41 Å². The van der Waals surface area contributed by atoms with Gasteiger partial charge in [-0.1, -0.05) is 48.8 Å². The van der Waals surface area contributed by atoms with Crippen molar-refractivity contribution in [1.29, 1.82) is 0 Å². The summed E-state index contributed by atoms with van der Waals surface area (Å²) in [6.45, 7) is 6.59. The molecule has 1 aromatic carbocycles. The molecule has 1 aromatic heterocycles. The van der Waals surface area contributed by atoms with Gasteiger partial charge in [0.15, 0.2) is 0 Å². The zero-order valence-electron chi connectivity index (χ0n) is 11.5. The quantitative estimate of drug-likeness (QED) is 0.826. The highest BCUT2D eigenvalue weighted by Gasteiger charge is 2.18. The molecule has 102 valence electrons. The molecule has 1 heterocycles. The Morgan fingerprint density at radius 2 is 1.95 bits per heavy atom. The van der Waals surface area contributed by atoms with Crippen LogP contribution in [-0.2, 0) is 11.8 Å². The maximum Gasteiger partial charge on any atom is 0.0922 e. The molecule has 0 fully saturated rings. The van der Waals surface area contributed by atoms with Gasteiger partial charge < -0.3 is 5.11 Å². The second-order valence-corrected chi connectivity index (χ2v) is 7.83. The van der Waals surface area contributed by atoms with Crippen LogP contribution < -0.4 is 0 Å². The molecule has 0 aliphatic heterocycles. The molecule has 0 amide bonds. The van der Waals surface area contributed by atoms with E-state index in [1.165, 1.54) is 4.88 Å². The van der Waals surface area contributed by atoms with Gasteiger partial charge in [-0.05, 0) is 35.2 Å². The number of aliphatic hydroxyl groups is 1. The smallest absolute Gasteiger partial charge is 0.0922 e. The summed E-state index contributed by atoms with van der Waals surface area (Å²) in [7, 11) is 0. The molecule has 0 saturated heterocycles. The van der Waals surface area contributed by atoms with Gasteiger partial charge in [0.05, 0.1) is 6.10 Å². The van der Waals surface area contributed by atoms with Crippen molar-refractivity contribution in [3.8, 4) is 0 Å². The van der Waals surface area contributed by atoms with Crippen molar-refractivity contribution in [3.05, 3.63) is 56.2 Å². The third-order valence-electron chi connectivity index (χ3n) is 3.01. The summed E-state index contributed by atoms with van der Waals surface area (Å²) in [5.74, 6) is 0. The molecule has 1 atom stereocenters. The lowest BCUT2D eigenvalue weighted by molar-refractivity contribution is 0.182. The lowest BCUT2D eigenvalue weighted by Gasteiger charge is -2.15. The van der Waals surface area contributed by atoms with E-state index >= 15 is 0 Å². The predicted octanol–water partition coefficient (Wildman–Crippen LogP) is 5.08. The van der Waals surface area contributed by atoms with Gasteiger partial charge in [0, 0.05) is 20.6 Å². The molecule has 0 radical (unpaired) electrons. The van der Waals surface area contributed by atoms with Crippen LogP contribution in [0.2, 0.25) is 0 Å². The minimum absolute atomic E-state index is 0.151. The van der Waals surface area contributed by atoms with Gasteiger partial charge in [-0.3, -0.25) is 0 Å². The standard InChI is InChI=1S/C16H19BrOS/c1-16(2,3)15-8-7-14(19-15)13(18)10-11-5-4-6-12(17)9-11/h4-9,13,18H,10H2,1-3H3. The zero-order chi connectivity index (χ0) is 14.0. The highest BCUT2D eigenvalue weighted by Crippen LogP contribution is 2.33.